The lowest BCUT2D eigenvalue weighted by molar-refractivity contribution is -0.141. The van der Waals surface area contributed by atoms with E-state index in [4.69, 9.17) is 5.11 Å². The maximum absolute atomic E-state index is 12.5. The van der Waals surface area contributed by atoms with E-state index in [1.165, 1.54) is 17.0 Å². The smallest absolute Gasteiger partial charge is 0.326 e. The van der Waals surface area contributed by atoms with Gasteiger partial charge in [-0.05, 0) is 19.1 Å². The number of carboxylic acid groups (broad SMARTS) is 1. The second-order valence-corrected chi connectivity index (χ2v) is 4.94. The van der Waals surface area contributed by atoms with Crippen molar-refractivity contribution in [1.82, 2.24) is 4.90 Å². The lowest BCUT2D eigenvalue weighted by atomic mass is 10.2. The highest BCUT2D eigenvalue weighted by atomic mass is 16.4. The molecule has 1 fully saturated rings. The van der Waals surface area contributed by atoms with E-state index in [1.54, 1.807) is 19.1 Å². The van der Waals surface area contributed by atoms with Crippen LogP contribution in [0.25, 0.3) is 0 Å². The van der Waals surface area contributed by atoms with E-state index in [0.29, 0.717) is 12.2 Å². The molecule has 1 aliphatic rings. The van der Waals surface area contributed by atoms with Gasteiger partial charge in [-0.25, -0.2) is 9.59 Å². The predicted octanol–water partition coefficient (Wildman–Crippen LogP) is 0.858. The molecule has 1 aromatic rings. The molecular weight excluding hydrogens is 276 g/mol. The molecule has 2 unspecified atom stereocenters. The first-order valence-electron chi connectivity index (χ1n) is 6.72. The van der Waals surface area contributed by atoms with Crippen LogP contribution >= 0.6 is 0 Å². The number of aliphatic hydroxyl groups excluding tert-OH is 1. The molecule has 2 amide bonds. The van der Waals surface area contributed by atoms with Gasteiger partial charge in [0.1, 0.15) is 11.8 Å². The Morgan fingerprint density at radius 1 is 1.43 bits per heavy atom. The lowest BCUT2D eigenvalue weighted by Gasteiger charge is -2.29. The van der Waals surface area contributed by atoms with Crippen molar-refractivity contribution in [3.05, 3.63) is 24.3 Å². The zero-order valence-electron chi connectivity index (χ0n) is 11.6. The molecule has 7 nitrogen and oxygen atoms in total. The number of phenols is 1. The summed E-state index contributed by atoms with van der Waals surface area (Å²) in [6.45, 7) is 2.07. The minimum atomic E-state index is -1.13. The maximum Gasteiger partial charge on any atom is 0.326 e. The Balaban J connectivity index is 2.26. The van der Waals surface area contributed by atoms with Gasteiger partial charge in [-0.15, -0.1) is 0 Å². The number of rotatable bonds is 3. The van der Waals surface area contributed by atoms with E-state index in [9.17, 15) is 19.8 Å². The number of amides is 2. The fourth-order valence-electron chi connectivity index (χ4n) is 2.50. The fourth-order valence-corrected chi connectivity index (χ4v) is 2.50. The molecule has 0 saturated carbocycles. The number of aromatic hydroxyl groups is 1. The molecule has 0 radical (unpaired) electrons. The predicted molar refractivity (Wildman–Crippen MR) is 75.3 cm³/mol. The van der Waals surface area contributed by atoms with Crippen molar-refractivity contribution in [3.8, 4) is 5.75 Å². The number of hydrogen-bond acceptors (Lipinski definition) is 4. The molecule has 1 saturated heterocycles. The van der Waals surface area contributed by atoms with Crippen LogP contribution in [0, 0.1) is 0 Å². The SMILES string of the molecule is CCN(C(=O)N1CC(O)CC1C(=O)O)c1cccc(O)c1. The molecule has 1 aromatic carbocycles. The van der Waals surface area contributed by atoms with Crippen molar-refractivity contribution in [2.45, 2.75) is 25.5 Å². The highest BCUT2D eigenvalue weighted by Gasteiger charge is 2.40. The quantitative estimate of drug-likeness (QED) is 0.767. The average Bonchev–Trinajstić information content (AvgIpc) is 2.82. The summed E-state index contributed by atoms with van der Waals surface area (Å²) >= 11 is 0. The number of carbonyl (C=O) groups is 2. The van der Waals surface area contributed by atoms with E-state index < -0.39 is 24.1 Å². The summed E-state index contributed by atoms with van der Waals surface area (Å²) in [6.07, 6.45) is -0.809. The second kappa shape index (κ2) is 6.01. The average molecular weight is 294 g/mol. The second-order valence-electron chi connectivity index (χ2n) is 4.94. The van der Waals surface area contributed by atoms with Gasteiger partial charge >= 0.3 is 12.0 Å². The van der Waals surface area contributed by atoms with Crippen molar-refractivity contribution in [2.75, 3.05) is 18.0 Å². The molecule has 0 aliphatic carbocycles. The zero-order valence-corrected chi connectivity index (χ0v) is 11.6. The van der Waals surface area contributed by atoms with Gasteiger partial charge < -0.3 is 20.2 Å². The normalized spacial score (nSPS) is 21.3. The van der Waals surface area contributed by atoms with E-state index in [1.807, 2.05) is 0 Å². The summed E-state index contributed by atoms with van der Waals surface area (Å²) < 4.78 is 0. The Hall–Kier alpha value is -2.28. The number of carboxylic acids is 1. The van der Waals surface area contributed by atoms with Crippen molar-refractivity contribution < 1.29 is 24.9 Å². The number of hydrogen-bond donors (Lipinski definition) is 3. The van der Waals surface area contributed by atoms with Crippen molar-refractivity contribution in [1.29, 1.82) is 0 Å². The van der Waals surface area contributed by atoms with Gasteiger partial charge in [0.25, 0.3) is 0 Å². The summed E-state index contributed by atoms with van der Waals surface area (Å²) in [6, 6.07) is 4.66. The largest absolute Gasteiger partial charge is 0.508 e. The number of β-amino-alcohol motifs (C(OH)–C–C–N with tert-alkyl or cyclic N) is 1. The molecule has 3 N–H and O–H groups in total. The zero-order chi connectivity index (χ0) is 15.6. The summed E-state index contributed by atoms with van der Waals surface area (Å²) in [4.78, 5) is 26.3. The molecule has 0 bridgehead atoms. The number of benzene rings is 1. The van der Waals surface area contributed by atoms with E-state index in [-0.39, 0.29) is 18.7 Å². The topological polar surface area (TPSA) is 101 Å². The highest BCUT2D eigenvalue weighted by Crippen LogP contribution is 2.25. The molecule has 0 spiro atoms. The molecule has 2 rings (SSSR count). The number of aliphatic carboxylic acids is 1. The first kappa shape index (κ1) is 15.1. The van der Waals surface area contributed by atoms with Crippen LogP contribution in [0.5, 0.6) is 5.75 Å². The van der Waals surface area contributed by atoms with Crippen molar-refractivity contribution in [2.24, 2.45) is 0 Å². The van der Waals surface area contributed by atoms with Crippen molar-refractivity contribution in [3.63, 3.8) is 0 Å². The Morgan fingerprint density at radius 3 is 2.71 bits per heavy atom. The van der Waals surface area contributed by atoms with Gasteiger partial charge in [0.2, 0.25) is 0 Å². The van der Waals surface area contributed by atoms with Crippen molar-refractivity contribution >= 4 is 17.7 Å². The molecule has 2 atom stereocenters. The molecule has 0 aromatic heterocycles. The number of aliphatic hydroxyl groups is 1. The minimum Gasteiger partial charge on any atom is -0.508 e. The molecule has 1 aliphatic heterocycles. The van der Waals surface area contributed by atoms with Crippen LogP contribution in [0.1, 0.15) is 13.3 Å². The Bertz CT molecular complexity index is 548. The standard InChI is InChI=1S/C14H18N2O5/c1-2-15(9-4-3-5-10(17)6-9)14(21)16-8-11(18)7-12(16)13(19)20/h3-6,11-12,17-18H,2,7-8H2,1H3,(H,19,20). The highest BCUT2D eigenvalue weighted by molar-refractivity contribution is 5.95. The number of anilines is 1. The fraction of sp³-hybridized carbons (Fsp3) is 0.429. The molecule has 114 valence electrons. The van der Waals surface area contributed by atoms with E-state index in [2.05, 4.69) is 0 Å². The molecular formula is C14H18N2O5. The maximum atomic E-state index is 12.5. The van der Waals surface area contributed by atoms with Gasteiger partial charge in [-0.2, -0.15) is 0 Å². The first-order chi connectivity index (χ1) is 9.93. The van der Waals surface area contributed by atoms with Crippen LogP contribution in [-0.2, 0) is 4.79 Å². The molecule has 21 heavy (non-hydrogen) atoms. The van der Waals surface area contributed by atoms with Crippen LogP contribution in [0.15, 0.2) is 24.3 Å². The number of likely N-dealkylation sites (tertiary alicyclic amines) is 1. The van der Waals surface area contributed by atoms with E-state index >= 15 is 0 Å². The third-order valence-corrected chi connectivity index (χ3v) is 3.50. The van der Waals surface area contributed by atoms with Gasteiger partial charge in [-0.3, -0.25) is 4.90 Å². The van der Waals surface area contributed by atoms with Gasteiger partial charge in [0.05, 0.1) is 6.10 Å². The Labute approximate surface area is 122 Å². The number of carbonyl (C=O) groups excluding carboxylic acids is 1. The van der Waals surface area contributed by atoms with E-state index in [0.717, 1.165) is 4.90 Å². The van der Waals surface area contributed by atoms with Crippen LogP contribution in [0.3, 0.4) is 0 Å². The van der Waals surface area contributed by atoms with Gasteiger partial charge in [0.15, 0.2) is 0 Å². The Kier molecular flexibility index (Phi) is 4.32. The first-order valence-corrected chi connectivity index (χ1v) is 6.72. The lowest BCUT2D eigenvalue weighted by Crippen LogP contribution is -2.48. The van der Waals surface area contributed by atoms with Gasteiger partial charge in [0, 0.05) is 31.3 Å². The van der Waals surface area contributed by atoms with Gasteiger partial charge in [-0.1, -0.05) is 6.07 Å². The Morgan fingerprint density at radius 2 is 2.14 bits per heavy atom. The monoisotopic (exact) mass is 294 g/mol. The van der Waals surface area contributed by atoms with Crippen LogP contribution < -0.4 is 4.90 Å². The summed E-state index contributed by atoms with van der Waals surface area (Å²) in [5.74, 6) is -1.11. The third-order valence-electron chi connectivity index (χ3n) is 3.50. The third kappa shape index (κ3) is 3.08. The number of phenolic OH excluding ortho intramolecular Hbond substituents is 1. The molecule has 1 heterocycles. The summed E-state index contributed by atoms with van der Waals surface area (Å²) in [5.41, 5.74) is 0.480. The summed E-state index contributed by atoms with van der Waals surface area (Å²) in [7, 11) is 0. The van der Waals surface area contributed by atoms with Crippen LogP contribution in [0.4, 0.5) is 10.5 Å². The number of urea groups is 1. The summed E-state index contributed by atoms with van der Waals surface area (Å²) in [5, 5.41) is 28.3. The number of nitrogens with zero attached hydrogens (tertiary/aromatic N) is 2. The van der Waals surface area contributed by atoms with Crippen LogP contribution in [-0.4, -0.2) is 57.5 Å². The van der Waals surface area contributed by atoms with Crippen LogP contribution in [0.2, 0.25) is 0 Å². The minimum absolute atomic E-state index is 0.00881. The molecule has 7 heteroatoms.